The van der Waals surface area contributed by atoms with Crippen LogP contribution in [0.25, 0.3) is 0 Å². The predicted molar refractivity (Wildman–Crippen MR) is 79.4 cm³/mol. The monoisotopic (exact) mass is 274 g/mol. The molecule has 0 saturated heterocycles. The van der Waals surface area contributed by atoms with Crippen LogP contribution in [0.15, 0.2) is 18.2 Å². The molecule has 0 atom stereocenters. The number of carbonyl (C=O) groups is 1. The lowest BCUT2D eigenvalue weighted by molar-refractivity contribution is 0.0692. The zero-order chi connectivity index (χ0) is 13.9. The van der Waals surface area contributed by atoms with Crippen LogP contribution in [0.2, 0.25) is 0 Å². The van der Waals surface area contributed by atoms with Crippen LogP contribution in [-0.2, 0) is 0 Å². The zero-order valence-corrected chi connectivity index (χ0v) is 12.0. The molecule has 20 heavy (non-hydrogen) atoms. The number of para-hydroxylation sites is 1. The quantitative estimate of drug-likeness (QED) is 0.901. The Morgan fingerprint density at radius 2 is 2.10 bits per heavy atom. The average Bonchev–Trinajstić information content (AvgIpc) is 2.54. The third-order valence-corrected chi connectivity index (χ3v) is 4.35. The van der Waals surface area contributed by atoms with E-state index >= 15 is 0 Å². The van der Waals surface area contributed by atoms with Gasteiger partial charge in [0.2, 0.25) is 0 Å². The topological polar surface area (TPSA) is 41.6 Å². The number of fused-ring (bicyclic) bond motifs is 1. The lowest BCUT2D eigenvalue weighted by Crippen LogP contribution is -2.38. The van der Waals surface area contributed by atoms with Gasteiger partial charge in [0, 0.05) is 19.6 Å². The summed E-state index contributed by atoms with van der Waals surface area (Å²) in [6, 6.07) is 6.13. The first-order valence-corrected chi connectivity index (χ1v) is 7.54. The maximum absolute atomic E-state index is 12.7. The van der Waals surface area contributed by atoms with Gasteiger partial charge in [-0.05, 0) is 25.0 Å². The summed E-state index contributed by atoms with van der Waals surface area (Å²) in [6.07, 6.45) is 6.00. The molecule has 4 heteroatoms. The molecule has 3 rings (SSSR count). The Morgan fingerprint density at radius 1 is 1.30 bits per heavy atom. The molecular weight excluding hydrogens is 252 g/mol. The van der Waals surface area contributed by atoms with Crippen molar-refractivity contribution in [3.05, 3.63) is 23.8 Å². The molecule has 108 valence electrons. The van der Waals surface area contributed by atoms with Crippen LogP contribution in [0.4, 0.5) is 5.69 Å². The van der Waals surface area contributed by atoms with E-state index in [4.69, 9.17) is 4.74 Å². The van der Waals surface area contributed by atoms with Crippen LogP contribution < -0.4 is 10.1 Å². The predicted octanol–water partition coefficient (Wildman–Crippen LogP) is 2.90. The second kappa shape index (κ2) is 5.73. The number of amides is 1. The fourth-order valence-electron chi connectivity index (χ4n) is 3.16. The van der Waals surface area contributed by atoms with Gasteiger partial charge in [0.05, 0.1) is 11.3 Å². The molecule has 0 spiro atoms. The van der Waals surface area contributed by atoms with Gasteiger partial charge < -0.3 is 15.0 Å². The molecule has 0 aromatic heterocycles. The van der Waals surface area contributed by atoms with Crippen molar-refractivity contribution < 1.29 is 9.53 Å². The number of nitrogens with one attached hydrogen (secondary N) is 1. The number of hydrogen-bond donors (Lipinski definition) is 1. The number of hydrogen-bond acceptors (Lipinski definition) is 3. The van der Waals surface area contributed by atoms with Gasteiger partial charge in [-0.25, -0.2) is 0 Å². The summed E-state index contributed by atoms with van der Waals surface area (Å²) in [6.45, 7) is 1.41. The average molecular weight is 274 g/mol. The van der Waals surface area contributed by atoms with E-state index in [2.05, 4.69) is 5.32 Å². The van der Waals surface area contributed by atoms with Gasteiger partial charge in [0.15, 0.2) is 5.75 Å². The van der Waals surface area contributed by atoms with Crippen LogP contribution in [0.5, 0.6) is 5.75 Å². The minimum absolute atomic E-state index is 0.0810. The Hall–Kier alpha value is -1.71. The van der Waals surface area contributed by atoms with Gasteiger partial charge in [-0.2, -0.15) is 0 Å². The van der Waals surface area contributed by atoms with E-state index in [0.717, 1.165) is 25.1 Å². The van der Waals surface area contributed by atoms with Crippen molar-refractivity contribution in [3.8, 4) is 5.75 Å². The summed E-state index contributed by atoms with van der Waals surface area (Å²) >= 11 is 0. The number of nitrogens with zero attached hydrogens (tertiary/aromatic N) is 1. The van der Waals surface area contributed by atoms with Crippen molar-refractivity contribution >= 4 is 11.6 Å². The van der Waals surface area contributed by atoms with Gasteiger partial charge in [0.1, 0.15) is 6.61 Å². The highest BCUT2D eigenvalue weighted by atomic mass is 16.5. The second-order valence-corrected chi connectivity index (χ2v) is 5.67. The standard InChI is InChI=1S/C16H22N2O2/c1-18(12-6-3-2-4-7-12)16(19)13-8-5-9-14-15(13)20-11-10-17-14/h5,8-9,12,17H,2-4,6-7,10-11H2,1H3. The Morgan fingerprint density at radius 3 is 2.90 bits per heavy atom. The Labute approximate surface area is 120 Å². The molecule has 1 N–H and O–H groups in total. The first-order valence-electron chi connectivity index (χ1n) is 7.54. The smallest absolute Gasteiger partial charge is 0.257 e. The van der Waals surface area contributed by atoms with Crippen molar-refractivity contribution in [1.29, 1.82) is 0 Å². The minimum atomic E-state index is 0.0810. The molecule has 1 aliphatic heterocycles. The van der Waals surface area contributed by atoms with E-state index in [9.17, 15) is 4.79 Å². The van der Waals surface area contributed by atoms with Gasteiger partial charge in [0.25, 0.3) is 5.91 Å². The third-order valence-electron chi connectivity index (χ3n) is 4.35. The molecule has 0 radical (unpaired) electrons. The zero-order valence-electron chi connectivity index (χ0n) is 12.0. The Bertz CT molecular complexity index is 495. The second-order valence-electron chi connectivity index (χ2n) is 5.67. The first-order chi connectivity index (χ1) is 9.77. The number of ether oxygens (including phenoxy) is 1. The van der Waals surface area contributed by atoms with Gasteiger partial charge in [-0.3, -0.25) is 4.79 Å². The highest BCUT2D eigenvalue weighted by molar-refractivity contribution is 5.99. The normalized spacial score (nSPS) is 18.6. The first kappa shape index (κ1) is 13.3. The van der Waals surface area contributed by atoms with Gasteiger partial charge >= 0.3 is 0 Å². The molecule has 1 heterocycles. The number of rotatable bonds is 2. The van der Waals surface area contributed by atoms with Crippen LogP contribution in [0, 0.1) is 0 Å². The molecule has 0 bridgehead atoms. The number of carbonyl (C=O) groups excluding carboxylic acids is 1. The molecule has 1 aliphatic carbocycles. The Kier molecular flexibility index (Phi) is 3.81. The van der Waals surface area contributed by atoms with E-state index < -0.39 is 0 Å². The summed E-state index contributed by atoms with van der Waals surface area (Å²) in [7, 11) is 1.92. The molecule has 1 fully saturated rings. The summed E-state index contributed by atoms with van der Waals surface area (Å²) in [5, 5.41) is 3.28. The van der Waals surface area contributed by atoms with Crippen molar-refractivity contribution in [1.82, 2.24) is 4.90 Å². The fourth-order valence-corrected chi connectivity index (χ4v) is 3.16. The molecule has 1 aromatic rings. The van der Waals surface area contributed by atoms with Crippen LogP contribution in [-0.4, -0.2) is 37.0 Å². The third kappa shape index (κ3) is 2.47. The highest BCUT2D eigenvalue weighted by Gasteiger charge is 2.26. The largest absolute Gasteiger partial charge is 0.489 e. The van der Waals surface area contributed by atoms with E-state index in [0.29, 0.717) is 24.0 Å². The summed E-state index contributed by atoms with van der Waals surface area (Å²) in [4.78, 5) is 14.6. The summed E-state index contributed by atoms with van der Waals surface area (Å²) in [5.41, 5.74) is 1.61. The molecule has 1 amide bonds. The molecule has 0 unspecified atom stereocenters. The summed E-state index contributed by atoms with van der Waals surface area (Å²) in [5.74, 6) is 0.795. The van der Waals surface area contributed by atoms with Crippen molar-refractivity contribution in [2.75, 3.05) is 25.5 Å². The van der Waals surface area contributed by atoms with E-state index in [1.54, 1.807) is 0 Å². The maximum Gasteiger partial charge on any atom is 0.257 e. The van der Waals surface area contributed by atoms with Gasteiger partial charge in [-0.15, -0.1) is 0 Å². The van der Waals surface area contributed by atoms with Crippen LogP contribution >= 0.6 is 0 Å². The number of anilines is 1. The fraction of sp³-hybridized carbons (Fsp3) is 0.562. The minimum Gasteiger partial charge on any atom is -0.489 e. The highest BCUT2D eigenvalue weighted by Crippen LogP contribution is 2.33. The van der Waals surface area contributed by atoms with Crippen molar-refractivity contribution in [3.63, 3.8) is 0 Å². The SMILES string of the molecule is CN(C(=O)c1cccc2c1OCCN2)C1CCCCC1. The molecule has 2 aliphatic rings. The molecular formula is C16H22N2O2. The molecule has 4 nitrogen and oxygen atoms in total. The summed E-state index contributed by atoms with van der Waals surface area (Å²) < 4.78 is 5.70. The van der Waals surface area contributed by atoms with E-state index in [1.807, 2.05) is 30.1 Å². The number of benzene rings is 1. The lowest BCUT2D eigenvalue weighted by Gasteiger charge is -2.32. The van der Waals surface area contributed by atoms with E-state index in [-0.39, 0.29) is 5.91 Å². The van der Waals surface area contributed by atoms with Crippen LogP contribution in [0.1, 0.15) is 42.5 Å². The van der Waals surface area contributed by atoms with Crippen molar-refractivity contribution in [2.24, 2.45) is 0 Å². The Balaban J connectivity index is 1.83. The maximum atomic E-state index is 12.7. The van der Waals surface area contributed by atoms with Crippen molar-refractivity contribution in [2.45, 2.75) is 38.1 Å². The lowest BCUT2D eigenvalue weighted by atomic mass is 9.94. The van der Waals surface area contributed by atoms with Gasteiger partial charge in [-0.1, -0.05) is 25.3 Å². The molecule has 1 saturated carbocycles. The van der Waals surface area contributed by atoms with Crippen LogP contribution in [0.3, 0.4) is 0 Å². The van der Waals surface area contributed by atoms with E-state index in [1.165, 1.54) is 19.3 Å². The molecule has 1 aromatic carbocycles.